The molecular weight excluding hydrogens is 231 g/mol. The summed E-state index contributed by atoms with van der Waals surface area (Å²) in [5.74, 6) is 0.522. The van der Waals surface area contributed by atoms with Crippen molar-refractivity contribution < 1.29 is 13.2 Å². The minimum Gasteiger partial charge on any atom is -0.330 e. The van der Waals surface area contributed by atoms with Crippen molar-refractivity contribution in [2.45, 2.75) is 19.5 Å². The predicted octanol–water partition coefficient (Wildman–Crippen LogP) is 1.15. The van der Waals surface area contributed by atoms with Gasteiger partial charge in [-0.25, -0.2) is 0 Å². The van der Waals surface area contributed by atoms with Crippen LogP contribution in [0.2, 0.25) is 0 Å². The van der Waals surface area contributed by atoms with Crippen LogP contribution in [-0.4, -0.2) is 61.8 Å². The summed E-state index contributed by atoms with van der Waals surface area (Å²) in [6, 6.07) is 0. The Kier molecular flexibility index (Phi) is 5.69. The summed E-state index contributed by atoms with van der Waals surface area (Å²) in [6.45, 7) is 5.44. The summed E-state index contributed by atoms with van der Waals surface area (Å²) in [6.07, 6.45) is -3.10. The molecule has 1 heterocycles. The largest absolute Gasteiger partial charge is 0.401 e. The maximum atomic E-state index is 12.2. The van der Waals surface area contributed by atoms with Gasteiger partial charge in [-0.15, -0.1) is 0 Å². The van der Waals surface area contributed by atoms with Crippen molar-refractivity contribution in [1.82, 2.24) is 9.80 Å². The number of hydrogen-bond acceptors (Lipinski definition) is 3. The summed E-state index contributed by atoms with van der Waals surface area (Å²) in [5, 5.41) is 0. The van der Waals surface area contributed by atoms with Crippen LogP contribution in [0, 0.1) is 5.92 Å². The molecule has 0 spiro atoms. The van der Waals surface area contributed by atoms with Crippen molar-refractivity contribution >= 4 is 0 Å². The first-order valence-electron chi connectivity index (χ1n) is 6.12. The van der Waals surface area contributed by atoms with Gasteiger partial charge in [-0.2, -0.15) is 13.2 Å². The molecule has 1 atom stereocenters. The molecule has 2 N–H and O–H groups in total. The standard InChI is InChI=1S/C11H22F3N3/c1-10(2-3-15)8-16-4-6-17(7-5-16)9-11(12,13)14/h10H,2-9,15H2,1H3. The third kappa shape index (κ3) is 6.24. The Morgan fingerprint density at radius 1 is 1.12 bits per heavy atom. The van der Waals surface area contributed by atoms with Gasteiger partial charge in [0, 0.05) is 32.7 Å². The van der Waals surface area contributed by atoms with Crippen molar-refractivity contribution in [2.24, 2.45) is 11.7 Å². The minimum atomic E-state index is -4.07. The van der Waals surface area contributed by atoms with Gasteiger partial charge in [-0.1, -0.05) is 6.92 Å². The molecule has 0 aliphatic carbocycles. The van der Waals surface area contributed by atoms with Crippen LogP contribution in [0.15, 0.2) is 0 Å². The van der Waals surface area contributed by atoms with E-state index in [2.05, 4.69) is 11.8 Å². The van der Waals surface area contributed by atoms with Gasteiger partial charge in [0.25, 0.3) is 0 Å². The number of nitrogens with zero attached hydrogens (tertiary/aromatic N) is 2. The fraction of sp³-hybridized carbons (Fsp3) is 1.00. The number of piperazine rings is 1. The van der Waals surface area contributed by atoms with Gasteiger partial charge in [0.05, 0.1) is 6.54 Å². The zero-order valence-electron chi connectivity index (χ0n) is 10.3. The van der Waals surface area contributed by atoms with Crippen LogP contribution < -0.4 is 5.73 Å². The second-order valence-corrected chi connectivity index (χ2v) is 4.87. The maximum absolute atomic E-state index is 12.2. The summed E-state index contributed by atoms with van der Waals surface area (Å²) >= 11 is 0. The number of alkyl halides is 3. The second-order valence-electron chi connectivity index (χ2n) is 4.87. The highest BCUT2D eigenvalue weighted by molar-refractivity contribution is 4.75. The quantitative estimate of drug-likeness (QED) is 0.798. The first-order chi connectivity index (χ1) is 7.90. The lowest BCUT2D eigenvalue weighted by Crippen LogP contribution is -2.50. The molecule has 0 radical (unpaired) electrons. The van der Waals surface area contributed by atoms with Crippen molar-refractivity contribution in [3.05, 3.63) is 0 Å². The Morgan fingerprint density at radius 3 is 2.12 bits per heavy atom. The van der Waals surface area contributed by atoms with E-state index >= 15 is 0 Å². The van der Waals surface area contributed by atoms with Crippen molar-refractivity contribution in [2.75, 3.05) is 45.8 Å². The molecule has 1 unspecified atom stereocenters. The average Bonchev–Trinajstić information content (AvgIpc) is 2.19. The van der Waals surface area contributed by atoms with E-state index in [0.29, 0.717) is 25.6 Å². The Bertz CT molecular complexity index is 212. The predicted molar refractivity (Wildman–Crippen MR) is 61.8 cm³/mol. The van der Waals surface area contributed by atoms with Gasteiger partial charge in [0.15, 0.2) is 0 Å². The average molecular weight is 253 g/mol. The lowest BCUT2D eigenvalue weighted by Gasteiger charge is -2.36. The SMILES string of the molecule is CC(CCN)CN1CCN(CC(F)(F)F)CC1. The van der Waals surface area contributed by atoms with Crippen LogP contribution in [0.1, 0.15) is 13.3 Å². The zero-order valence-corrected chi connectivity index (χ0v) is 10.3. The van der Waals surface area contributed by atoms with Crippen LogP contribution in [0.5, 0.6) is 0 Å². The van der Waals surface area contributed by atoms with E-state index in [4.69, 9.17) is 5.73 Å². The van der Waals surface area contributed by atoms with Gasteiger partial charge >= 0.3 is 6.18 Å². The molecule has 1 aliphatic heterocycles. The maximum Gasteiger partial charge on any atom is 0.401 e. The van der Waals surface area contributed by atoms with E-state index in [1.165, 1.54) is 4.90 Å². The topological polar surface area (TPSA) is 32.5 Å². The zero-order chi connectivity index (χ0) is 12.9. The fourth-order valence-electron chi connectivity index (χ4n) is 2.20. The second kappa shape index (κ2) is 6.56. The molecule has 0 bridgehead atoms. The molecule has 0 saturated carbocycles. The van der Waals surface area contributed by atoms with E-state index in [0.717, 1.165) is 26.1 Å². The van der Waals surface area contributed by atoms with E-state index in [9.17, 15) is 13.2 Å². The van der Waals surface area contributed by atoms with Crippen LogP contribution in [0.25, 0.3) is 0 Å². The van der Waals surface area contributed by atoms with E-state index in [-0.39, 0.29) is 0 Å². The number of rotatable bonds is 5. The minimum absolute atomic E-state index is 0.509. The lowest BCUT2D eigenvalue weighted by atomic mass is 10.1. The van der Waals surface area contributed by atoms with Crippen LogP contribution in [-0.2, 0) is 0 Å². The first-order valence-corrected chi connectivity index (χ1v) is 6.12. The van der Waals surface area contributed by atoms with Gasteiger partial charge in [0.1, 0.15) is 0 Å². The van der Waals surface area contributed by atoms with Crippen LogP contribution in [0.3, 0.4) is 0 Å². The molecule has 1 saturated heterocycles. The molecule has 0 amide bonds. The molecule has 1 rings (SSSR count). The Morgan fingerprint density at radius 2 is 1.65 bits per heavy atom. The van der Waals surface area contributed by atoms with E-state index in [1.807, 2.05) is 0 Å². The number of halogens is 3. The van der Waals surface area contributed by atoms with Crippen molar-refractivity contribution in [3.63, 3.8) is 0 Å². The summed E-state index contributed by atoms with van der Waals surface area (Å²) in [5.41, 5.74) is 5.47. The van der Waals surface area contributed by atoms with Crippen LogP contribution >= 0.6 is 0 Å². The fourth-order valence-corrected chi connectivity index (χ4v) is 2.20. The molecule has 3 nitrogen and oxygen atoms in total. The molecule has 1 fully saturated rings. The molecular formula is C11H22F3N3. The first kappa shape index (κ1) is 14.7. The molecule has 0 aromatic carbocycles. The Balaban J connectivity index is 2.21. The van der Waals surface area contributed by atoms with Gasteiger partial charge < -0.3 is 10.6 Å². The molecule has 0 aromatic rings. The van der Waals surface area contributed by atoms with Crippen molar-refractivity contribution in [3.8, 4) is 0 Å². The Hall–Kier alpha value is -0.330. The summed E-state index contributed by atoms with van der Waals surface area (Å²) < 4.78 is 36.5. The molecule has 6 heteroatoms. The molecule has 1 aliphatic rings. The van der Waals surface area contributed by atoms with Gasteiger partial charge in [-0.05, 0) is 18.9 Å². The number of hydrogen-bond donors (Lipinski definition) is 1. The molecule has 0 aromatic heterocycles. The monoisotopic (exact) mass is 253 g/mol. The smallest absolute Gasteiger partial charge is 0.330 e. The van der Waals surface area contributed by atoms with Gasteiger partial charge in [-0.3, -0.25) is 4.90 Å². The van der Waals surface area contributed by atoms with E-state index in [1.54, 1.807) is 0 Å². The Labute approximate surface area is 101 Å². The summed E-state index contributed by atoms with van der Waals surface area (Å²) in [7, 11) is 0. The van der Waals surface area contributed by atoms with Crippen molar-refractivity contribution in [1.29, 1.82) is 0 Å². The molecule has 102 valence electrons. The van der Waals surface area contributed by atoms with Crippen LogP contribution in [0.4, 0.5) is 13.2 Å². The van der Waals surface area contributed by atoms with E-state index < -0.39 is 12.7 Å². The highest BCUT2D eigenvalue weighted by Crippen LogP contribution is 2.17. The third-order valence-electron chi connectivity index (χ3n) is 3.10. The normalized spacial score (nSPS) is 21.7. The molecule has 17 heavy (non-hydrogen) atoms. The number of nitrogens with two attached hydrogens (primary N) is 1. The third-order valence-corrected chi connectivity index (χ3v) is 3.10. The van der Waals surface area contributed by atoms with Gasteiger partial charge in [0.2, 0.25) is 0 Å². The summed E-state index contributed by atoms with van der Waals surface area (Å²) in [4.78, 5) is 3.71. The highest BCUT2D eigenvalue weighted by atomic mass is 19.4. The lowest BCUT2D eigenvalue weighted by molar-refractivity contribution is -0.149. The highest BCUT2D eigenvalue weighted by Gasteiger charge is 2.32.